The number of carbonyl (C=O) groups is 1. The van der Waals surface area contributed by atoms with Gasteiger partial charge in [0.15, 0.2) is 0 Å². The molecule has 0 radical (unpaired) electrons. The fraction of sp³-hybridized carbons (Fsp3) is 0.500. The summed E-state index contributed by atoms with van der Waals surface area (Å²) in [6, 6.07) is 15.0. The van der Waals surface area contributed by atoms with Gasteiger partial charge >= 0.3 is 0 Å². The molecule has 1 aliphatic heterocycles. The fourth-order valence-electron chi connectivity index (χ4n) is 5.31. The molecule has 0 aliphatic carbocycles. The molecule has 37 heavy (non-hydrogen) atoms. The van der Waals surface area contributed by atoms with Crippen molar-refractivity contribution in [2.24, 2.45) is 5.41 Å². The SMILES string of the molecule is C=CC[C@@]1(COCCS(C)(C)C)C[C@H](c2cccc(Cl)c2)[C@@H](c2ccc(Cl)cc2)N([C@@H](CC)CO)C1=O. The number of aliphatic hydroxyl groups excluding tert-OH is 1. The molecule has 1 N–H and O–H groups in total. The van der Waals surface area contributed by atoms with E-state index >= 15 is 0 Å². The number of benzene rings is 2. The summed E-state index contributed by atoms with van der Waals surface area (Å²) in [6.45, 7) is 6.82. The van der Waals surface area contributed by atoms with E-state index in [2.05, 4.69) is 31.4 Å². The van der Waals surface area contributed by atoms with Crippen LogP contribution in [0.5, 0.6) is 0 Å². The van der Waals surface area contributed by atoms with Gasteiger partial charge in [-0.2, -0.15) is 0 Å². The average Bonchev–Trinajstić information content (AvgIpc) is 2.85. The number of amides is 1. The maximum atomic E-state index is 14.5. The third-order valence-electron chi connectivity index (χ3n) is 7.30. The van der Waals surface area contributed by atoms with Crippen molar-refractivity contribution in [3.8, 4) is 0 Å². The first-order valence-corrected chi connectivity index (χ1v) is 16.6. The molecule has 1 saturated heterocycles. The number of nitrogens with zero attached hydrogens (tertiary/aromatic N) is 1. The summed E-state index contributed by atoms with van der Waals surface area (Å²) in [4.78, 5) is 16.4. The molecule has 1 amide bonds. The Morgan fingerprint density at radius 2 is 1.86 bits per heavy atom. The van der Waals surface area contributed by atoms with Crippen molar-refractivity contribution < 1.29 is 14.6 Å². The largest absolute Gasteiger partial charge is 0.394 e. The van der Waals surface area contributed by atoms with E-state index in [9.17, 15) is 9.90 Å². The second kappa shape index (κ2) is 13.0. The maximum Gasteiger partial charge on any atom is 0.232 e. The quantitative estimate of drug-likeness (QED) is 0.220. The van der Waals surface area contributed by atoms with Gasteiger partial charge in [0.25, 0.3) is 0 Å². The lowest BCUT2D eigenvalue weighted by molar-refractivity contribution is -0.162. The lowest BCUT2D eigenvalue weighted by Crippen LogP contribution is -2.58. The smallest absolute Gasteiger partial charge is 0.232 e. The Labute approximate surface area is 234 Å². The van der Waals surface area contributed by atoms with Crippen molar-refractivity contribution in [2.45, 2.75) is 44.2 Å². The first kappa shape index (κ1) is 30.0. The highest BCUT2D eigenvalue weighted by Crippen LogP contribution is 2.52. The summed E-state index contributed by atoms with van der Waals surface area (Å²) < 4.78 is 6.26. The van der Waals surface area contributed by atoms with Gasteiger partial charge in [0.1, 0.15) is 0 Å². The number of aliphatic hydroxyl groups is 1. The van der Waals surface area contributed by atoms with Crippen LogP contribution in [-0.2, 0) is 9.53 Å². The third kappa shape index (κ3) is 7.33. The standard InChI is InChI=1S/C30H41Cl2NO3S/c1-6-15-30(21-36-16-17-37(3,4)5)19-27(23-9-8-10-25(32)18-23)28(22-11-13-24(31)14-12-22)33(29(30)35)26(7-2)20-34/h6,8-14,18,26-28,34H,1,7,15-17,19-21H2,2-5H3/t26-,27+,28+,30-/m0/s1. The van der Waals surface area contributed by atoms with Crippen molar-refractivity contribution >= 4 is 39.1 Å². The highest BCUT2D eigenvalue weighted by atomic mass is 35.5. The Hall–Kier alpha value is -1.50. The van der Waals surface area contributed by atoms with Gasteiger partial charge in [-0.05, 0) is 73.4 Å². The number of piperidine rings is 1. The predicted molar refractivity (Wildman–Crippen MR) is 159 cm³/mol. The van der Waals surface area contributed by atoms with Crippen LogP contribution in [0.15, 0.2) is 61.2 Å². The van der Waals surface area contributed by atoms with Gasteiger partial charge in [-0.1, -0.05) is 60.5 Å². The Morgan fingerprint density at radius 1 is 1.16 bits per heavy atom. The van der Waals surface area contributed by atoms with Crippen LogP contribution in [0.3, 0.4) is 0 Å². The van der Waals surface area contributed by atoms with E-state index in [1.54, 1.807) is 0 Å². The van der Waals surface area contributed by atoms with Gasteiger partial charge in [0.2, 0.25) is 5.91 Å². The number of rotatable bonds is 12. The second-order valence-electron chi connectivity index (χ2n) is 10.9. The van der Waals surface area contributed by atoms with Crippen LogP contribution in [0.4, 0.5) is 0 Å². The molecule has 3 rings (SSSR count). The van der Waals surface area contributed by atoms with E-state index in [4.69, 9.17) is 27.9 Å². The van der Waals surface area contributed by atoms with Gasteiger partial charge in [-0.3, -0.25) is 4.79 Å². The highest BCUT2D eigenvalue weighted by Gasteiger charge is 2.53. The molecule has 2 aromatic carbocycles. The molecule has 0 aromatic heterocycles. The number of allylic oxidation sites excluding steroid dienone is 1. The summed E-state index contributed by atoms with van der Waals surface area (Å²) in [5, 5.41) is 11.7. The molecule has 1 aliphatic rings. The molecule has 204 valence electrons. The number of ether oxygens (including phenoxy) is 1. The molecule has 0 bridgehead atoms. The number of hydrogen-bond donors (Lipinski definition) is 1. The Kier molecular flexibility index (Phi) is 10.6. The maximum absolute atomic E-state index is 14.5. The van der Waals surface area contributed by atoms with Gasteiger partial charge in [-0.15, -0.1) is 6.58 Å². The monoisotopic (exact) mass is 565 g/mol. The average molecular weight is 567 g/mol. The number of likely N-dealkylation sites (tertiary alicyclic amines) is 1. The van der Waals surface area contributed by atoms with Crippen LogP contribution in [-0.4, -0.2) is 66.3 Å². The first-order chi connectivity index (χ1) is 17.5. The summed E-state index contributed by atoms with van der Waals surface area (Å²) in [6.07, 6.45) is 10.3. The first-order valence-electron chi connectivity index (χ1n) is 12.8. The van der Waals surface area contributed by atoms with Crippen molar-refractivity contribution in [1.82, 2.24) is 4.90 Å². The summed E-state index contributed by atoms with van der Waals surface area (Å²) in [5.74, 6) is 0.929. The minimum atomic E-state index is -0.784. The summed E-state index contributed by atoms with van der Waals surface area (Å²) in [5.41, 5.74) is 1.26. The predicted octanol–water partition coefficient (Wildman–Crippen LogP) is 7.09. The molecule has 4 atom stereocenters. The minimum Gasteiger partial charge on any atom is -0.394 e. The molecule has 1 fully saturated rings. The minimum absolute atomic E-state index is 0.00892. The Morgan fingerprint density at radius 3 is 2.43 bits per heavy atom. The lowest BCUT2D eigenvalue weighted by atomic mass is 9.66. The second-order valence-corrected chi connectivity index (χ2v) is 16.4. The van der Waals surface area contributed by atoms with E-state index in [1.165, 1.54) is 0 Å². The zero-order valence-corrected chi connectivity index (χ0v) is 24.8. The summed E-state index contributed by atoms with van der Waals surface area (Å²) >= 11 is 12.7. The van der Waals surface area contributed by atoms with Gasteiger partial charge < -0.3 is 14.7 Å². The Bertz CT molecular complexity index is 1050. The normalized spacial score (nSPS) is 23.6. The van der Waals surface area contributed by atoms with Crippen molar-refractivity contribution in [3.63, 3.8) is 0 Å². The van der Waals surface area contributed by atoms with Gasteiger partial charge in [-0.25, -0.2) is 10.0 Å². The molecule has 1 heterocycles. The molecular weight excluding hydrogens is 525 g/mol. The van der Waals surface area contributed by atoms with Crippen LogP contribution < -0.4 is 0 Å². The highest BCUT2D eigenvalue weighted by molar-refractivity contribution is 8.32. The molecule has 7 heteroatoms. The van der Waals surface area contributed by atoms with Crippen molar-refractivity contribution in [3.05, 3.63) is 82.4 Å². The third-order valence-corrected chi connectivity index (χ3v) is 9.18. The van der Waals surface area contributed by atoms with E-state index in [-0.39, 0.29) is 30.5 Å². The molecule has 0 spiro atoms. The molecule has 0 saturated carbocycles. The number of carbonyl (C=O) groups excluding carboxylic acids is 1. The zero-order valence-electron chi connectivity index (χ0n) is 22.5. The molecule has 2 aromatic rings. The lowest BCUT2D eigenvalue weighted by Gasteiger charge is -2.52. The van der Waals surface area contributed by atoms with Crippen molar-refractivity contribution in [2.75, 3.05) is 44.3 Å². The van der Waals surface area contributed by atoms with E-state index in [1.807, 2.05) is 60.4 Å². The van der Waals surface area contributed by atoms with Gasteiger partial charge in [0, 0.05) is 21.7 Å². The molecule has 4 nitrogen and oxygen atoms in total. The fourth-order valence-corrected chi connectivity index (χ4v) is 6.26. The van der Waals surface area contributed by atoms with Crippen LogP contribution in [0, 0.1) is 5.41 Å². The molecule has 0 unspecified atom stereocenters. The van der Waals surface area contributed by atoms with Crippen LogP contribution in [0.25, 0.3) is 0 Å². The van der Waals surface area contributed by atoms with Gasteiger partial charge in [0.05, 0.1) is 37.3 Å². The summed E-state index contributed by atoms with van der Waals surface area (Å²) in [7, 11) is -0.711. The molecular formula is C30H41Cl2NO3S. The van der Waals surface area contributed by atoms with E-state index in [0.717, 1.165) is 16.9 Å². The van der Waals surface area contributed by atoms with Crippen LogP contribution >= 0.6 is 33.2 Å². The number of hydrogen-bond acceptors (Lipinski definition) is 3. The zero-order chi connectivity index (χ0) is 27.2. The number of halogens is 2. The van der Waals surface area contributed by atoms with Crippen LogP contribution in [0.2, 0.25) is 10.0 Å². The van der Waals surface area contributed by atoms with Crippen LogP contribution in [0.1, 0.15) is 49.3 Å². The van der Waals surface area contributed by atoms with Crippen molar-refractivity contribution in [1.29, 1.82) is 0 Å². The topological polar surface area (TPSA) is 49.8 Å². The van der Waals surface area contributed by atoms with E-state index in [0.29, 0.717) is 42.5 Å². The Balaban J connectivity index is 2.14. The van der Waals surface area contributed by atoms with E-state index < -0.39 is 15.4 Å².